The van der Waals surface area contributed by atoms with Gasteiger partial charge in [-0.15, -0.1) is 11.6 Å². The maximum Gasteiger partial charge on any atom is 0.275 e. The van der Waals surface area contributed by atoms with Gasteiger partial charge in [-0.05, 0) is 49.8 Å². The summed E-state index contributed by atoms with van der Waals surface area (Å²) in [5.74, 6) is -0.725. The molecule has 0 bridgehead atoms. The molecule has 0 saturated carbocycles. The Bertz CT molecular complexity index is 1790. The Labute approximate surface area is 257 Å². The summed E-state index contributed by atoms with van der Waals surface area (Å²) in [6.07, 6.45) is 7.13. The highest BCUT2D eigenvalue weighted by atomic mass is 35.5. The van der Waals surface area contributed by atoms with Crippen molar-refractivity contribution in [2.75, 3.05) is 31.6 Å². The normalized spacial score (nSPS) is 18.5. The first-order valence-corrected chi connectivity index (χ1v) is 14.4. The van der Waals surface area contributed by atoms with E-state index in [1.54, 1.807) is 29.2 Å². The van der Waals surface area contributed by atoms with E-state index in [0.29, 0.717) is 48.3 Å². The minimum Gasteiger partial charge on any atom is -0.496 e. The number of fused-ring (bicyclic) bond motifs is 1. The van der Waals surface area contributed by atoms with Crippen molar-refractivity contribution < 1.29 is 13.9 Å². The molecule has 7 nitrogen and oxygen atoms in total. The largest absolute Gasteiger partial charge is 0.496 e. The topological polar surface area (TPSA) is 78.6 Å². The summed E-state index contributed by atoms with van der Waals surface area (Å²) in [4.78, 5) is 30.1. The number of piperazine rings is 1. The highest BCUT2D eigenvalue weighted by molar-refractivity contribution is 6.35. The fourth-order valence-corrected chi connectivity index (χ4v) is 6.31. The van der Waals surface area contributed by atoms with Crippen LogP contribution in [0.15, 0.2) is 59.9 Å². The molecule has 0 spiro atoms. The molecule has 1 amide bonds. The van der Waals surface area contributed by atoms with Crippen LogP contribution in [0, 0.1) is 17.1 Å². The maximum atomic E-state index is 15.5. The second-order valence-electron chi connectivity index (χ2n) is 10.0. The van der Waals surface area contributed by atoms with Crippen molar-refractivity contribution in [3.8, 4) is 22.9 Å². The first kappa shape index (κ1) is 29.7. The summed E-state index contributed by atoms with van der Waals surface area (Å²) in [5, 5.41) is 10.3. The van der Waals surface area contributed by atoms with Gasteiger partial charge in [0, 0.05) is 47.3 Å². The third-order valence-electron chi connectivity index (χ3n) is 7.62. The molecule has 2 aliphatic rings. The van der Waals surface area contributed by atoms with Gasteiger partial charge in [-0.25, -0.2) is 4.39 Å². The SMILES string of the molecule is C=CC(=O)N1CCN(c2c(C#N)c(=O)n(C3=CC=CCC3Cl)c3cc(-c4c(OC)ccc(Cl)c4F)c(Cl)cc23)[C@@H](C)C1. The molecule has 216 valence electrons. The fourth-order valence-electron chi connectivity index (χ4n) is 5.62. The van der Waals surface area contributed by atoms with Crippen LogP contribution in [0.3, 0.4) is 0 Å². The Balaban J connectivity index is 1.86. The van der Waals surface area contributed by atoms with Gasteiger partial charge in [0.2, 0.25) is 5.91 Å². The number of anilines is 1. The van der Waals surface area contributed by atoms with Gasteiger partial charge in [0.25, 0.3) is 5.56 Å². The molecule has 2 aromatic carbocycles. The number of pyridine rings is 1. The first-order valence-electron chi connectivity index (χ1n) is 13.2. The van der Waals surface area contributed by atoms with E-state index in [1.165, 1.54) is 29.9 Å². The van der Waals surface area contributed by atoms with Crippen LogP contribution in [0.2, 0.25) is 10.0 Å². The van der Waals surface area contributed by atoms with Crippen LogP contribution in [0.25, 0.3) is 27.7 Å². The number of hydrogen-bond acceptors (Lipinski definition) is 5. The lowest BCUT2D eigenvalue weighted by Gasteiger charge is -2.41. The van der Waals surface area contributed by atoms with E-state index in [0.717, 1.165) is 0 Å². The van der Waals surface area contributed by atoms with E-state index >= 15 is 4.39 Å². The van der Waals surface area contributed by atoms with Gasteiger partial charge in [-0.2, -0.15) is 5.26 Å². The number of nitriles is 1. The van der Waals surface area contributed by atoms with Gasteiger partial charge in [0.05, 0.1) is 34.3 Å². The number of alkyl halides is 1. The van der Waals surface area contributed by atoms with Crippen LogP contribution < -0.4 is 15.2 Å². The van der Waals surface area contributed by atoms with E-state index < -0.39 is 16.8 Å². The Morgan fingerprint density at radius 2 is 2.00 bits per heavy atom. The van der Waals surface area contributed by atoms with Gasteiger partial charge < -0.3 is 14.5 Å². The Kier molecular flexibility index (Phi) is 8.38. The first-order chi connectivity index (χ1) is 20.1. The number of halogens is 4. The molecular weight excluding hydrogens is 602 g/mol. The standard InChI is InChI=1S/C31H26Cl3FN4O3/c1-4-27(40)37-11-12-38(17(2)16-37)30-19-13-23(34)18(28-26(42-3)10-9-22(33)29(28)35)14-25(19)39(31(41)20(30)15-36)24-8-6-5-7-21(24)32/h4-6,8-10,13-14,17,21H,1,7,11-12,16H2,2-3H3/t17-,21?/m0/s1. The molecule has 2 atom stereocenters. The molecule has 1 fully saturated rings. The molecule has 1 unspecified atom stereocenters. The van der Waals surface area contributed by atoms with Crippen molar-refractivity contribution in [3.63, 3.8) is 0 Å². The average molecular weight is 628 g/mol. The molecular formula is C31H26Cl3FN4O3. The van der Waals surface area contributed by atoms with Gasteiger partial charge in [-0.3, -0.25) is 14.2 Å². The lowest BCUT2D eigenvalue weighted by Crippen LogP contribution is -2.54. The molecule has 42 heavy (non-hydrogen) atoms. The number of methoxy groups -OCH3 is 1. The summed E-state index contributed by atoms with van der Waals surface area (Å²) in [7, 11) is 1.41. The highest BCUT2D eigenvalue weighted by Crippen LogP contribution is 2.44. The molecule has 5 rings (SSSR count). The third kappa shape index (κ3) is 4.96. The Morgan fingerprint density at radius 3 is 2.64 bits per heavy atom. The van der Waals surface area contributed by atoms with Crippen LogP contribution in [0.5, 0.6) is 5.75 Å². The molecule has 11 heteroatoms. The van der Waals surface area contributed by atoms with E-state index in [4.69, 9.17) is 39.5 Å². The quantitative estimate of drug-likeness (QED) is 0.235. The molecule has 1 aliphatic carbocycles. The van der Waals surface area contributed by atoms with Crippen LogP contribution in [0.1, 0.15) is 18.9 Å². The zero-order chi connectivity index (χ0) is 30.3. The minimum atomic E-state index is -0.730. The average Bonchev–Trinajstić information content (AvgIpc) is 2.98. The maximum absolute atomic E-state index is 15.5. The number of nitrogens with zero attached hydrogens (tertiary/aromatic N) is 4. The van der Waals surface area contributed by atoms with Gasteiger partial charge in [-0.1, -0.05) is 41.9 Å². The number of hydrogen-bond donors (Lipinski definition) is 0. The molecule has 2 heterocycles. The summed E-state index contributed by atoms with van der Waals surface area (Å²) < 4.78 is 22.3. The number of ether oxygens (including phenoxy) is 1. The molecule has 1 aromatic heterocycles. The van der Waals surface area contributed by atoms with Crippen molar-refractivity contribution >= 4 is 63.0 Å². The van der Waals surface area contributed by atoms with Crippen LogP contribution in [0.4, 0.5) is 10.1 Å². The summed E-state index contributed by atoms with van der Waals surface area (Å²) in [6.45, 7) is 6.56. The van der Waals surface area contributed by atoms with E-state index in [1.807, 2.05) is 17.9 Å². The zero-order valence-electron chi connectivity index (χ0n) is 22.8. The van der Waals surface area contributed by atoms with E-state index in [2.05, 4.69) is 12.6 Å². The number of benzene rings is 2. The predicted octanol–water partition coefficient (Wildman–Crippen LogP) is 6.63. The Morgan fingerprint density at radius 1 is 1.24 bits per heavy atom. The molecule has 0 radical (unpaired) electrons. The monoisotopic (exact) mass is 626 g/mol. The van der Waals surface area contributed by atoms with Gasteiger partial charge in [0.1, 0.15) is 17.4 Å². The van der Waals surface area contributed by atoms with Crippen LogP contribution in [-0.4, -0.2) is 53.5 Å². The minimum absolute atomic E-state index is 0.0340. The van der Waals surface area contributed by atoms with Crippen molar-refractivity contribution in [2.45, 2.75) is 24.8 Å². The lowest BCUT2D eigenvalue weighted by molar-refractivity contribution is -0.126. The lowest BCUT2D eigenvalue weighted by atomic mass is 9.98. The van der Waals surface area contributed by atoms with Gasteiger partial charge in [0.15, 0.2) is 5.82 Å². The smallest absolute Gasteiger partial charge is 0.275 e. The molecule has 1 aliphatic heterocycles. The van der Waals surface area contributed by atoms with Gasteiger partial charge >= 0.3 is 0 Å². The second kappa shape index (κ2) is 11.8. The van der Waals surface area contributed by atoms with E-state index in [9.17, 15) is 14.9 Å². The number of allylic oxidation sites excluding steroid dienone is 4. The number of carbonyl (C=O) groups is 1. The predicted molar refractivity (Wildman–Crippen MR) is 166 cm³/mol. The summed E-state index contributed by atoms with van der Waals surface area (Å²) >= 11 is 19.7. The van der Waals surface area contributed by atoms with Crippen molar-refractivity contribution in [1.29, 1.82) is 5.26 Å². The van der Waals surface area contributed by atoms with E-state index in [-0.39, 0.29) is 44.4 Å². The fraction of sp³-hybridized carbons (Fsp3) is 0.258. The van der Waals surface area contributed by atoms with Crippen molar-refractivity contribution in [2.24, 2.45) is 0 Å². The van der Waals surface area contributed by atoms with Crippen LogP contribution in [-0.2, 0) is 4.79 Å². The molecule has 3 aromatic rings. The second-order valence-corrected chi connectivity index (χ2v) is 11.4. The van der Waals surface area contributed by atoms with Crippen molar-refractivity contribution in [1.82, 2.24) is 9.47 Å². The highest BCUT2D eigenvalue weighted by Gasteiger charge is 2.32. The summed E-state index contributed by atoms with van der Waals surface area (Å²) in [6, 6.07) is 8.00. The number of rotatable bonds is 5. The molecule has 1 saturated heterocycles. The number of carbonyl (C=O) groups excluding carboxylic acids is 1. The van der Waals surface area contributed by atoms with Crippen LogP contribution >= 0.6 is 34.8 Å². The number of aromatic nitrogens is 1. The molecule has 0 N–H and O–H groups in total. The third-order valence-corrected chi connectivity index (χ3v) is 8.63. The Hall–Kier alpha value is -3.77. The zero-order valence-corrected chi connectivity index (χ0v) is 25.1. The number of amides is 1. The van der Waals surface area contributed by atoms with Crippen molar-refractivity contribution in [3.05, 3.63) is 86.9 Å². The summed E-state index contributed by atoms with van der Waals surface area (Å²) in [5.41, 5.74) is 0.849.